The second-order valence-corrected chi connectivity index (χ2v) is 6.35. The molecule has 5 heteroatoms. The van der Waals surface area contributed by atoms with Crippen molar-refractivity contribution in [3.63, 3.8) is 0 Å². The molecule has 1 aromatic carbocycles. The number of morpholine rings is 1. The van der Waals surface area contributed by atoms with E-state index in [9.17, 15) is 4.79 Å². The first-order valence-electron chi connectivity index (χ1n) is 8.67. The molecule has 1 amide bonds. The lowest BCUT2D eigenvalue weighted by Gasteiger charge is -2.39. The molecule has 0 unspecified atom stereocenters. The predicted molar refractivity (Wildman–Crippen MR) is 91.0 cm³/mol. The SMILES string of the molecule is CCO[C@@H]1CC[C@@H]2[C@@H]1OCCN2C(=O)c1ccnc2ccccc12. The van der Waals surface area contributed by atoms with Crippen molar-refractivity contribution >= 4 is 16.8 Å². The lowest BCUT2D eigenvalue weighted by atomic mass is 10.0. The lowest BCUT2D eigenvalue weighted by Crippen LogP contribution is -2.53. The Labute approximate surface area is 141 Å². The average Bonchev–Trinajstić information content (AvgIpc) is 3.04. The summed E-state index contributed by atoms with van der Waals surface area (Å²) in [4.78, 5) is 19.6. The van der Waals surface area contributed by atoms with E-state index in [1.54, 1.807) is 6.20 Å². The van der Waals surface area contributed by atoms with Gasteiger partial charge in [0.15, 0.2) is 0 Å². The molecule has 2 heterocycles. The Kier molecular flexibility index (Phi) is 4.21. The van der Waals surface area contributed by atoms with Crippen LogP contribution in [0.4, 0.5) is 0 Å². The summed E-state index contributed by atoms with van der Waals surface area (Å²) in [6, 6.07) is 9.72. The fourth-order valence-corrected chi connectivity index (χ4v) is 4.00. The lowest BCUT2D eigenvalue weighted by molar-refractivity contribution is -0.102. The molecule has 3 atom stereocenters. The first kappa shape index (κ1) is 15.5. The Bertz CT molecular complexity index is 743. The molecule has 0 spiro atoms. The van der Waals surface area contributed by atoms with E-state index in [1.807, 2.05) is 42.2 Å². The van der Waals surface area contributed by atoms with E-state index in [-0.39, 0.29) is 24.2 Å². The molecule has 126 valence electrons. The first-order chi connectivity index (χ1) is 11.8. The highest BCUT2D eigenvalue weighted by atomic mass is 16.5. The predicted octanol–water partition coefficient (Wildman–Crippen LogP) is 2.64. The fourth-order valence-electron chi connectivity index (χ4n) is 4.00. The zero-order valence-corrected chi connectivity index (χ0v) is 13.9. The third-order valence-corrected chi connectivity index (χ3v) is 5.06. The van der Waals surface area contributed by atoms with Gasteiger partial charge in [0.1, 0.15) is 6.10 Å². The smallest absolute Gasteiger partial charge is 0.255 e. The number of nitrogens with zero attached hydrogens (tertiary/aromatic N) is 2. The number of ether oxygens (including phenoxy) is 2. The second kappa shape index (κ2) is 6.49. The van der Waals surface area contributed by atoms with Gasteiger partial charge in [-0.05, 0) is 31.9 Å². The summed E-state index contributed by atoms with van der Waals surface area (Å²) < 4.78 is 11.7. The number of carbonyl (C=O) groups excluding carboxylic acids is 1. The number of aromatic nitrogens is 1. The van der Waals surface area contributed by atoms with Crippen LogP contribution in [0.2, 0.25) is 0 Å². The molecule has 5 nitrogen and oxygen atoms in total. The summed E-state index contributed by atoms with van der Waals surface area (Å²) in [6.07, 6.45) is 3.69. The molecule has 0 radical (unpaired) electrons. The molecule has 2 fully saturated rings. The van der Waals surface area contributed by atoms with E-state index in [0.29, 0.717) is 19.8 Å². The van der Waals surface area contributed by atoms with Crippen LogP contribution in [0.5, 0.6) is 0 Å². The fraction of sp³-hybridized carbons (Fsp3) is 0.474. The van der Waals surface area contributed by atoms with E-state index >= 15 is 0 Å². The third-order valence-electron chi connectivity index (χ3n) is 5.06. The van der Waals surface area contributed by atoms with Crippen molar-refractivity contribution in [2.24, 2.45) is 0 Å². The Morgan fingerprint density at radius 3 is 3.08 bits per heavy atom. The second-order valence-electron chi connectivity index (χ2n) is 6.35. The standard InChI is InChI=1S/C19H22N2O3/c1-2-23-17-8-7-16-18(17)24-12-11-21(16)19(22)14-9-10-20-15-6-4-3-5-13(14)15/h3-6,9-10,16-18H,2,7-8,11-12H2,1H3/t16-,17-,18+/m1/s1. The Morgan fingerprint density at radius 1 is 1.33 bits per heavy atom. The number of hydrogen-bond acceptors (Lipinski definition) is 4. The van der Waals surface area contributed by atoms with Crippen LogP contribution in [0.15, 0.2) is 36.5 Å². The number of fused-ring (bicyclic) bond motifs is 2. The van der Waals surface area contributed by atoms with Gasteiger partial charge in [0.05, 0.1) is 29.8 Å². The van der Waals surface area contributed by atoms with Crippen LogP contribution in [0, 0.1) is 0 Å². The maximum atomic E-state index is 13.2. The molecule has 24 heavy (non-hydrogen) atoms. The number of para-hydroxylation sites is 1. The van der Waals surface area contributed by atoms with E-state index < -0.39 is 0 Å². The summed E-state index contributed by atoms with van der Waals surface area (Å²) in [5, 5.41) is 0.910. The van der Waals surface area contributed by atoms with Crippen molar-refractivity contribution in [3.05, 3.63) is 42.1 Å². The van der Waals surface area contributed by atoms with Gasteiger partial charge in [0.25, 0.3) is 5.91 Å². The first-order valence-corrected chi connectivity index (χ1v) is 8.67. The Hall–Kier alpha value is -1.98. The normalized spacial score (nSPS) is 26.5. The highest BCUT2D eigenvalue weighted by Crippen LogP contribution is 2.33. The van der Waals surface area contributed by atoms with E-state index in [4.69, 9.17) is 9.47 Å². The number of benzene rings is 1. The molecular formula is C19H22N2O3. The van der Waals surface area contributed by atoms with Crippen molar-refractivity contribution in [2.45, 2.75) is 38.0 Å². The van der Waals surface area contributed by atoms with Crippen molar-refractivity contribution in [1.29, 1.82) is 0 Å². The number of hydrogen-bond donors (Lipinski definition) is 0. The van der Waals surface area contributed by atoms with Gasteiger partial charge in [0.2, 0.25) is 0 Å². The summed E-state index contributed by atoms with van der Waals surface area (Å²) in [5.74, 6) is 0.0732. The van der Waals surface area contributed by atoms with E-state index in [2.05, 4.69) is 4.98 Å². The summed E-state index contributed by atoms with van der Waals surface area (Å²) in [5.41, 5.74) is 1.58. The topological polar surface area (TPSA) is 51.7 Å². The molecule has 1 saturated carbocycles. The van der Waals surface area contributed by atoms with Crippen molar-refractivity contribution in [3.8, 4) is 0 Å². The number of amides is 1. The van der Waals surface area contributed by atoms with Gasteiger partial charge in [0, 0.05) is 24.7 Å². The Morgan fingerprint density at radius 2 is 2.21 bits per heavy atom. The number of carbonyl (C=O) groups is 1. The molecule has 2 aliphatic rings. The molecule has 4 rings (SSSR count). The van der Waals surface area contributed by atoms with Crippen molar-refractivity contribution in [2.75, 3.05) is 19.8 Å². The van der Waals surface area contributed by atoms with Gasteiger partial charge in [-0.1, -0.05) is 18.2 Å². The van der Waals surface area contributed by atoms with Gasteiger partial charge in [-0.3, -0.25) is 9.78 Å². The maximum Gasteiger partial charge on any atom is 0.255 e. The monoisotopic (exact) mass is 326 g/mol. The highest BCUT2D eigenvalue weighted by Gasteiger charge is 2.45. The van der Waals surface area contributed by atoms with Crippen LogP contribution >= 0.6 is 0 Å². The molecule has 1 aliphatic heterocycles. The quantitative estimate of drug-likeness (QED) is 0.870. The molecule has 1 aliphatic carbocycles. The van der Waals surface area contributed by atoms with Crippen LogP contribution < -0.4 is 0 Å². The van der Waals surface area contributed by atoms with Crippen LogP contribution in [-0.2, 0) is 9.47 Å². The maximum absolute atomic E-state index is 13.2. The molecule has 0 N–H and O–H groups in total. The van der Waals surface area contributed by atoms with Crippen molar-refractivity contribution < 1.29 is 14.3 Å². The van der Waals surface area contributed by atoms with E-state index in [0.717, 1.165) is 29.3 Å². The van der Waals surface area contributed by atoms with E-state index in [1.165, 1.54) is 0 Å². The zero-order valence-electron chi connectivity index (χ0n) is 13.9. The number of pyridine rings is 1. The molecule has 1 saturated heterocycles. The minimum absolute atomic E-state index is 0.00393. The van der Waals surface area contributed by atoms with Gasteiger partial charge in [-0.15, -0.1) is 0 Å². The van der Waals surface area contributed by atoms with Crippen molar-refractivity contribution in [1.82, 2.24) is 9.88 Å². The Balaban J connectivity index is 1.64. The van der Waals surface area contributed by atoms with Crippen LogP contribution in [0.3, 0.4) is 0 Å². The van der Waals surface area contributed by atoms with Gasteiger partial charge < -0.3 is 14.4 Å². The highest BCUT2D eigenvalue weighted by molar-refractivity contribution is 6.06. The molecular weight excluding hydrogens is 304 g/mol. The van der Waals surface area contributed by atoms with Gasteiger partial charge >= 0.3 is 0 Å². The minimum atomic E-state index is -0.00393. The van der Waals surface area contributed by atoms with Crippen LogP contribution in [0.1, 0.15) is 30.1 Å². The average molecular weight is 326 g/mol. The summed E-state index contributed by atoms with van der Waals surface area (Å²) in [7, 11) is 0. The van der Waals surface area contributed by atoms with Crippen LogP contribution in [0.25, 0.3) is 10.9 Å². The molecule has 2 aromatic rings. The largest absolute Gasteiger partial charge is 0.376 e. The minimum Gasteiger partial charge on any atom is -0.376 e. The molecule has 1 aromatic heterocycles. The van der Waals surface area contributed by atoms with Crippen LogP contribution in [-0.4, -0.2) is 53.8 Å². The zero-order chi connectivity index (χ0) is 16.5. The van der Waals surface area contributed by atoms with Gasteiger partial charge in [-0.2, -0.15) is 0 Å². The number of rotatable bonds is 3. The summed E-state index contributed by atoms with van der Waals surface area (Å²) >= 11 is 0. The molecule has 0 bridgehead atoms. The van der Waals surface area contributed by atoms with Gasteiger partial charge in [-0.25, -0.2) is 0 Å². The summed E-state index contributed by atoms with van der Waals surface area (Å²) in [6.45, 7) is 3.89. The third kappa shape index (κ3) is 2.58.